The molecule has 1 radical (unpaired) electrons. The Labute approximate surface area is 276 Å². The normalized spacial score (nSPS) is 14.0. The van der Waals surface area contributed by atoms with Gasteiger partial charge in [-0.2, -0.15) is 0 Å². The van der Waals surface area contributed by atoms with Crippen LogP contribution in [0.3, 0.4) is 0 Å². The van der Waals surface area contributed by atoms with Gasteiger partial charge in [-0.25, -0.2) is 4.98 Å². The smallest absolute Gasteiger partial charge is 0.216 e. The average Bonchev–Trinajstić information content (AvgIpc) is 3.46. The maximum Gasteiger partial charge on any atom is 0.216 e. The molecule has 5 heteroatoms. The maximum atomic E-state index is 8.59. The van der Waals surface area contributed by atoms with Crippen molar-refractivity contribution in [1.29, 1.82) is 0 Å². The molecule has 7 aromatic rings. The van der Waals surface area contributed by atoms with E-state index < -0.39 is 19.6 Å². The Morgan fingerprint density at radius 3 is 2.35 bits per heavy atom. The third-order valence-corrected chi connectivity index (χ3v) is 6.83. The first kappa shape index (κ1) is 22.1. The molecule has 0 amide bonds. The van der Waals surface area contributed by atoms with Crippen molar-refractivity contribution in [2.24, 2.45) is 0 Å². The summed E-state index contributed by atoms with van der Waals surface area (Å²) in [6.07, 6.45) is 3.13. The minimum Gasteiger partial charge on any atom is -0.486 e. The summed E-state index contributed by atoms with van der Waals surface area (Å²) in [5.41, 5.74) is 6.71. The molecule has 4 aromatic heterocycles. The third kappa shape index (κ3) is 6.49. The summed E-state index contributed by atoms with van der Waals surface area (Å²) in [4.78, 5) is 13.0. The largest absolute Gasteiger partial charge is 0.486 e. The van der Waals surface area contributed by atoms with Gasteiger partial charge < -0.3 is 14.4 Å². The standard InChI is InChI=1S/C26H21N2O.C12H10N.Ir/c1-16(2)23-15-27-24(14-22(23)18-8-5-4-6-9-18)21-11-7-10-19-20-13-12-17(3)28-26(20)29-25(19)21;1-10-7-8-12(13-9-10)11-5-3-2-4-6-11;/h4-10,12-16H,1-3H3;2-5,7-9H,1H3;/q2*-1;/i3D3,16D;1D3;. The molecule has 0 saturated heterocycles. The zero-order valence-electron chi connectivity index (χ0n) is 30.5. The number of benzene rings is 3. The molecule has 0 spiro atoms. The van der Waals surface area contributed by atoms with Crippen molar-refractivity contribution in [2.75, 3.05) is 0 Å². The molecule has 0 aliphatic carbocycles. The predicted molar refractivity (Wildman–Crippen MR) is 171 cm³/mol. The van der Waals surface area contributed by atoms with E-state index in [4.69, 9.17) is 14.0 Å². The molecule has 7 rings (SSSR count). The molecule has 215 valence electrons. The molecule has 3 aromatic carbocycles. The van der Waals surface area contributed by atoms with Crippen LogP contribution in [0.25, 0.3) is 55.7 Å². The molecule has 0 N–H and O–H groups in total. The Balaban J connectivity index is 0.000000241. The van der Waals surface area contributed by atoms with Gasteiger partial charge >= 0.3 is 0 Å². The SMILES string of the molecule is [2H]C([2H])([2H])c1ccc(-c2[c-]cccc2)nc1.[2H]C([2H])([2H])c1ccc2c(n1)oc1c(-c3cc(-c4ccccc4)c(C([2H])(C)C)cn3)[c-]ccc12.[Ir]. The minimum atomic E-state index is -2.31. The number of hydrogen-bond acceptors (Lipinski definition) is 4. The van der Waals surface area contributed by atoms with Gasteiger partial charge in [0.15, 0.2) is 0 Å². The molecule has 0 bridgehead atoms. The van der Waals surface area contributed by atoms with Gasteiger partial charge in [-0.05, 0) is 65.4 Å². The number of fused-ring (bicyclic) bond motifs is 3. The second-order valence-corrected chi connectivity index (χ2v) is 9.94. The Hall–Kier alpha value is -4.44. The van der Waals surface area contributed by atoms with Crippen LogP contribution in [-0.2, 0) is 20.1 Å². The van der Waals surface area contributed by atoms with Crippen LogP contribution >= 0.6 is 0 Å². The zero-order chi connectivity index (χ0) is 35.0. The topological polar surface area (TPSA) is 51.8 Å². The fraction of sp³-hybridized carbons (Fsp3) is 0.132. The number of pyridine rings is 3. The molecule has 0 unspecified atom stereocenters. The van der Waals surface area contributed by atoms with Gasteiger partial charge in [0.1, 0.15) is 0 Å². The molecule has 4 nitrogen and oxygen atoms in total. The number of nitrogens with zero attached hydrogens (tertiary/aromatic N) is 3. The van der Waals surface area contributed by atoms with E-state index in [2.05, 4.69) is 27.1 Å². The summed E-state index contributed by atoms with van der Waals surface area (Å²) in [6.45, 7) is -0.716. The van der Waals surface area contributed by atoms with Crippen LogP contribution in [0.1, 0.15) is 46.2 Å². The molecule has 0 atom stereocenters. The monoisotopic (exact) mass is 745 g/mol. The third-order valence-electron chi connectivity index (χ3n) is 6.83. The Bertz CT molecular complexity index is 2230. The van der Waals surface area contributed by atoms with Crippen LogP contribution in [0.2, 0.25) is 0 Å². The Kier molecular flexibility index (Phi) is 6.82. The van der Waals surface area contributed by atoms with Crippen molar-refractivity contribution in [3.05, 3.63) is 138 Å². The van der Waals surface area contributed by atoms with Crippen LogP contribution in [-0.4, -0.2) is 15.0 Å². The van der Waals surface area contributed by atoms with Crippen LogP contribution in [0, 0.1) is 25.8 Å². The number of furan rings is 1. The summed E-state index contributed by atoms with van der Waals surface area (Å²) < 4.78 is 59.2. The van der Waals surface area contributed by atoms with Crippen LogP contribution in [0.5, 0.6) is 0 Å². The molecule has 43 heavy (non-hydrogen) atoms. The van der Waals surface area contributed by atoms with Crippen molar-refractivity contribution >= 4 is 22.1 Å². The fourth-order valence-corrected chi connectivity index (χ4v) is 4.77. The van der Waals surface area contributed by atoms with Crippen molar-refractivity contribution in [1.82, 2.24) is 15.0 Å². The predicted octanol–water partition coefficient (Wildman–Crippen LogP) is 9.80. The number of hydrogen-bond donors (Lipinski definition) is 0. The first-order chi connectivity index (χ1) is 23.2. The Morgan fingerprint density at radius 1 is 0.791 bits per heavy atom. The molecule has 0 saturated carbocycles. The van der Waals surface area contributed by atoms with E-state index >= 15 is 0 Å². The van der Waals surface area contributed by atoms with Crippen molar-refractivity contribution in [3.8, 4) is 33.6 Å². The van der Waals surface area contributed by atoms with E-state index in [1.54, 1.807) is 36.5 Å². The molecule has 4 heterocycles. The summed E-state index contributed by atoms with van der Waals surface area (Å²) in [6, 6.07) is 35.8. The quantitative estimate of drug-likeness (QED) is 0.169. The van der Waals surface area contributed by atoms with Gasteiger partial charge in [-0.15, -0.1) is 54.1 Å². The van der Waals surface area contributed by atoms with Crippen molar-refractivity contribution in [3.63, 3.8) is 0 Å². The number of rotatable bonds is 4. The fourth-order valence-electron chi connectivity index (χ4n) is 4.77. The second-order valence-electron chi connectivity index (χ2n) is 9.94. The van der Waals surface area contributed by atoms with E-state index in [9.17, 15) is 0 Å². The van der Waals surface area contributed by atoms with Gasteiger partial charge in [-0.1, -0.05) is 73.3 Å². The Morgan fingerprint density at radius 2 is 1.63 bits per heavy atom. The summed E-state index contributed by atoms with van der Waals surface area (Å²) >= 11 is 0. The minimum absolute atomic E-state index is 0. The van der Waals surface area contributed by atoms with Gasteiger partial charge in [0.2, 0.25) is 5.71 Å². The molecule has 0 aliphatic heterocycles. The van der Waals surface area contributed by atoms with Crippen LogP contribution in [0.4, 0.5) is 0 Å². The van der Waals surface area contributed by atoms with Gasteiger partial charge in [0.05, 0.1) is 5.58 Å². The number of aromatic nitrogens is 3. The zero-order valence-corrected chi connectivity index (χ0v) is 25.9. The first-order valence-corrected chi connectivity index (χ1v) is 13.4. The van der Waals surface area contributed by atoms with E-state index in [0.29, 0.717) is 16.8 Å². The maximum absolute atomic E-state index is 8.59. The van der Waals surface area contributed by atoms with Crippen molar-refractivity contribution in [2.45, 2.75) is 33.4 Å². The van der Waals surface area contributed by atoms with Gasteiger partial charge in [-0.3, -0.25) is 0 Å². The summed E-state index contributed by atoms with van der Waals surface area (Å²) in [5.74, 6) is -0.832. The molecular weight excluding hydrogens is 707 g/mol. The van der Waals surface area contributed by atoms with Crippen molar-refractivity contribution < 1.29 is 34.1 Å². The average molecular weight is 745 g/mol. The summed E-state index contributed by atoms with van der Waals surface area (Å²) in [7, 11) is 0. The van der Waals surface area contributed by atoms with Gasteiger partial charge in [0.25, 0.3) is 0 Å². The van der Waals surface area contributed by atoms with Crippen LogP contribution < -0.4 is 0 Å². The second kappa shape index (κ2) is 13.2. The van der Waals surface area contributed by atoms with Crippen LogP contribution in [0.15, 0.2) is 114 Å². The molecule has 0 fully saturated rings. The molecule has 0 aliphatic rings. The van der Waals surface area contributed by atoms with Gasteiger partial charge in [0, 0.05) is 53.2 Å². The van der Waals surface area contributed by atoms with E-state index in [1.165, 1.54) is 12.3 Å². The summed E-state index contributed by atoms with van der Waals surface area (Å²) in [5, 5.41) is 1.55. The molecular formula is C38H31IrN3O-2. The van der Waals surface area contributed by atoms with E-state index in [-0.39, 0.29) is 37.1 Å². The van der Waals surface area contributed by atoms with E-state index in [1.807, 2.05) is 74.5 Å². The van der Waals surface area contributed by atoms with E-state index in [0.717, 1.165) is 38.7 Å². The number of aryl methyl sites for hydroxylation is 2. The first-order valence-electron chi connectivity index (χ1n) is 16.9.